The van der Waals surface area contributed by atoms with Crippen LogP contribution in [0.5, 0.6) is 0 Å². The fourth-order valence-electron chi connectivity index (χ4n) is 2.75. The summed E-state index contributed by atoms with van der Waals surface area (Å²) in [6, 6.07) is 0. The van der Waals surface area contributed by atoms with Gasteiger partial charge in [0.2, 0.25) is 5.79 Å². The third-order valence-electron chi connectivity index (χ3n) is 3.54. The lowest BCUT2D eigenvalue weighted by Crippen LogP contribution is -2.54. The van der Waals surface area contributed by atoms with E-state index in [4.69, 9.17) is 23.7 Å². The SMILES string of the molecule is CC1(C)OC[C@H]([C@@H]2O[C@H]3OC(C)(C)O[C@@H]3C2(O)O)O1. The molecule has 19 heavy (non-hydrogen) atoms. The first kappa shape index (κ1) is 13.7. The molecule has 7 nitrogen and oxygen atoms in total. The van der Waals surface area contributed by atoms with Crippen molar-refractivity contribution in [3.05, 3.63) is 0 Å². The molecule has 0 aliphatic carbocycles. The lowest BCUT2D eigenvalue weighted by atomic mass is 10.0. The Morgan fingerprint density at radius 3 is 2.11 bits per heavy atom. The topological polar surface area (TPSA) is 86.6 Å². The van der Waals surface area contributed by atoms with Crippen molar-refractivity contribution in [2.24, 2.45) is 0 Å². The van der Waals surface area contributed by atoms with Gasteiger partial charge in [-0.15, -0.1) is 0 Å². The van der Waals surface area contributed by atoms with Gasteiger partial charge in [-0.2, -0.15) is 0 Å². The Hall–Kier alpha value is -0.280. The lowest BCUT2D eigenvalue weighted by Gasteiger charge is -2.31. The fraction of sp³-hybridized carbons (Fsp3) is 1.00. The van der Waals surface area contributed by atoms with Crippen molar-refractivity contribution < 1.29 is 33.9 Å². The van der Waals surface area contributed by atoms with E-state index in [0.717, 1.165) is 0 Å². The third kappa shape index (κ3) is 2.19. The van der Waals surface area contributed by atoms with Crippen molar-refractivity contribution in [2.75, 3.05) is 6.61 Å². The van der Waals surface area contributed by atoms with Gasteiger partial charge in [-0.1, -0.05) is 0 Å². The molecule has 2 N–H and O–H groups in total. The molecule has 0 unspecified atom stereocenters. The molecule has 0 aromatic heterocycles. The first-order valence-corrected chi connectivity index (χ1v) is 6.38. The molecule has 0 spiro atoms. The zero-order chi connectivity index (χ0) is 14.1. The van der Waals surface area contributed by atoms with Crippen LogP contribution in [0.4, 0.5) is 0 Å². The highest BCUT2D eigenvalue weighted by Gasteiger charge is 2.65. The van der Waals surface area contributed by atoms with Gasteiger partial charge >= 0.3 is 0 Å². The van der Waals surface area contributed by atoms with Crippen molar-refractivity contribution in [3.8, 4) is 0 Å². The Kier molecular flexibility index (Phi) is 2.80. The Labute approximate surface area is 111 Å². The predicted octanol–water partition coefficient (Wildman–Crippen LogP) is -0.305. The van der Waals surface area contributed by atoms with E-state index >= 15 is 0 Å². The lowest BCUT2D eigenvalue weighted by molar-refractivity contribution is -0.297. The van der Waals surface area contributed by atoms with E-state index < -0.39 is 42.0 Å². The van der Waals surface area contributed by atoms with Crippen LogP contribution in [0.3, 0.4) is 0 Å². The second-order valence-corrected chi connectivity index (χ2v) is 6.13. The quantitative estimate of drug-likeness (QED) is 0.635. The van der Waals surface area contributed by atoms with Gasteiger partial charge in [-0.25, -0.2) is 0 Å². The van der Waals surface area contributed by atoms with E-state index in [-0.39, 0.29) is 6.61 Å². The number of ether oxygens (including phenoxy) is 5. The molecule has 3 saturated heterocycles. The van der Waals surface area contributed by atoms with Crippen molar-refractivity contribution in [1.29, 1.82) is 0 Å². The summed E-state index contributed by atoms with van der Waals surface area (Å²) < 4.78 is 27.6. The Balaban J connectivity index is 1.77. The number of aliphatic hydroxyl groups is 2. The minimum Gasteiger partial charge on any atom is -0.361 e. The zero-order valence-electron chi connectivity index (χ0n) is 11.5. The minimum absolute atomic E-state index is 0.226. The van der Waals surface area contributed by atoms with E-state index in [9.17, 15) is 10.2 Å². The van der Waals surface area contributed by atoms with Crippen molar-refractivity contribution in [3.63, 3.8) is 0 Å². The van der Waals surface area contributed by atoms with Crippen LogP contribution >= 0.6 is 0 Å². The average molecular weight is 276 g/mol. The van der Waals surface area contributed by atoms with Gasteiger partial charge in [0.05, 0.1) is 6.61 Å². The largest absolute Gasteiger partial charge is 0.361 e. The van der Waals surface area contributed by atoms with Crippen LogP contribution in [0.25, 0.3) is 0 Å². The van der Waals surface area contributed by atoms with Crippen molar-refractivity contribution >= 4 is 0 Å². The molecule has 3 fully saturated rings. The summed E-state index contributed by atoms with van der Waals surface area (Å²) in [7, 11) is 0. The van der Waals surface area contributed by atoms with Crippen LogP contribution in [0.1, 0.15) is 27.7 Å². The molecule has 0 amide bonds. The van der Waals surface area contributed by atoms with Crippen LogP contribution in [-0.2, 0) is 23.7 Å². The standard InChI is InChI=1S/C12H20O7/c1-10(2)15-5-6(17-10)7-12(13,14)8-9(16-7)19-11(3,4)18-8/h6-9,13-14H,5H2,1-4H3/t6-,7+,8+,9+/m1/s1. The highest BCUT2D eigenvalue weighted by atomic mass is 16.9. The summed E-state index contributed by atoms with van der Waals surface area (Å²) >= 11 is 0. The van der Waals surface area contributed by atoms with E-state index in [1.165, 1.54) is 0 Å². The molecule has 3 rings (SSSR count). The van der Waals surface area contributed by atoms with Crippen molar-refractivity contribution in [1.82, 2.24) is 0 Å². The average Bonchev–Trinajstić information content (AvgIpc) is 2.80. The monoisotopic (exact) mass is 276 g/mol. The van der Waals surface area contributed by atoms with Gasteiger partial charge in [0, 0.05) is 0 Å². The smallest absolute Gasteiger partial charge is 0.225 e. The molecule has 3 aliphatic heterocycles. The van der Waals surface area contributed by atoms with E-state index in [1.54, 1.807) is 27.7 Å². The fourth-order valence-corrected chi connectivity index (χ4v) is 2.75. The van der Waals surface area contributed by atoms with Gasteiger partial charge < -0.3 is 33.9 Å². The number of hydrogen-bond donors (Lipinski definition) is 2. The highest BCUT2D eigenvalue weighted by Crippen LogP contribution is 2.44. The molecule has 3 aliphatic rings. The highest BCUT2D eigenvalue weighted by molar-refractivity contribution is 5.02. The summed E-state index contributed by atoms with van der Waals surface area (Å²) in [5.74, 6) is -3.83. The Morgan fingerprint density at radius 1 is 0.895 bits per heavy atom. The second kappa shape index (κ2) is 3.88. The predicted molar refractivity (Wildman–Crippen MR) is 60.8 cm³/mol. The van der Waals surface area contributed by atoms with Gasteiger partial charge in [0.15, 0.2) is 24.0 Å². The molecule has 0 aromatic carbocycles. The summed E-state index contributed by atoms with van der Waals surface area (Å²) in [4.78, 5) is 0. The van der Waals surface area contributed by atoms with Gasteiger partial charge in [0.25, 0.3) is 0 Å². The van der Waals surface area contributed by atoms with Gasteiger partial charge in [-0.05, 0) is 27.7 Å². The molecule has 0 bridgehead atoms. The molecule has 7 heteroatoms. The summed E-state index contributed by atoms with van der Waals surface area (Å²) in [5, 5.41) is 20.6. The number of rotatable bonds is 1. The normalized spacial score (nSPS) is 46.4. The van der Waals surface area contributed by atoms with E-state index in [1.807, 2.05) is 0 Å². The molecular weight excluding hydrogens is 256 g/mol. The maximum Gasteiger partial charge on any atom is 0.225 e. The molecule has 0 radical (unpaired) electrons. The number of hydrogen-bond acceptors (Lipinski definition) is 7. The summed E-state index contributed by atoms with van der Waals surface area (Å²) in [6.45, 7) is 7.13. The maximum atomic E-state index is 10.3. The van der Waals surface area contributed by atoms with Gasteiger partial charge in [-0.3, -0.25) is 0 Å². The Morgan fingerprint density at radius 2 is 1.58 bits per heavy atom. The second-order valence-electron chi connectivity index (χ2n) is 6.13. The van der Waals surface area contributed by atoms with Gasteiger partial charge in [0.1, 0.15) is 12.2 Å². The van der Waals surface area contributed by atoms with Crippen molar-refractivity contribution in [2.45, 2.75) is 69.7 Å². The molecule has 3 heterocycles. The molecule has 4 atom stereocenters. The first-order chi connectivity index (χ1) is 8.61. The van der Waals surface area contributed by atoms with E-state index in [2.05, 4.69) is 0 Å². The van der Waals surface area contributed by atoms with E-state index in [0.29, 0.717) is 0 Å². The molecule has 0 saturated carbocycles. The molecule has 0 aromatic rings. The van der Waals surface area contributed by atoms with Crippen LogP contribution in [0, 0.1) is 0 Å². The molecule has 110 valence electrons. The van der Waals surface area contributed by atoms with Crippen LogP contribution in [-0.4, -0.2) is 58.8 Å². The van der Waals surface area contributed by atoms with Crippen LogP contribution < -0.4 is 0 Å². The maximum absolute atomic E-state index is 10.3. The molecular formula is C12H20O7. The summed E-state index contributed by atoms with van der Waals surface area (Å²) in [5.41, 5.74) is 0. The zero-order valence-corrected chi connectivity index (χ0v) is 11.5. The Bertz CT molecular complexity index is 378. The van der Waals surface area contributed by atoms with Crippen LogP contribution in [0.15, 0.2) is 0 Å². The first-order valence-electron chi connectivity index (χ1n) is 6.38. The third-order valence-corrected chi connectivity index (χ3v) is 3.54. The minimum atomic E-state index is -2.17. The number of fused-ring (bicyclic) bond motifs is 1. The summed E-state index contributed by atoms with van der Waals surface area (Å²) in [6.07, 6.45) is -3.33. The van der Waals surface area contributed by atoms with Crippen LogP contribution in [0.2, 0.25) is 0 Å².